The van der Waals surface area contributed by atoms with Crippen molar-refractivity contribution in [1.29, 1.82) is 0 Å². The number of rotatable bonds is 6. The molecule has 7 nitrogen and oxygen atoms in total. The van der Waals surface area contributed by atoms with E-state index in [1.807, 2.05) is 4.90 Å². The third-order valence-electron chi connectivity index (χ3n) is 6.21. The maximum absolute atomic E-state index is 14.0. The minimum Gasteiger partial charge on any atom is -0.354 e. The summed E-state index contributed by atoms with van der Waals surface area (Å²) < 4.78 is 14.0. The van der Waals surface area contributed by atoms with Gasteiger partial charge in [0.1, 0.15) is 17.8 Å². The summed E-state index contributed by atoms with van der Waals surface area (Å²) in [6.45, 7) is 1.34. The lowest BCUT2D eigenvalue weighted by molar-refractivity contribution is 0.0759. The zero-order chi connectivity index (χ0) is 23.9. The summed E-state index contributed by atoms with van der Waals surface area (Å²) in [4.78, 5) is 39.6. The van der Waals surface area contributed by atoms with Crippen molar-refractivity contribution in [2.75, 3.05) is 20.1 Å². The molecule has 1 aliphatic heterocycles. The highest BCUT2D eigenvalue weighted by molar-refractivity contribution is 5.94. The van der Waals surface area contributed by atoms with E-state index in [1.54, 1.807) is 49.6 Å². The predicted molar refractivity (Wildman–Crippen MR) is 126 cm³/mol. The highest BCUT2D eigenvalue weighted by Gasteiger charge is 2.23. The maximum Gasteiger partial charge on any atom is 0.269 e. The number of nitrogens with zero attached hydrogens (tertiary/aromatic N) is 4. The summed E-state index contributed by atoms with van der Waals surface area (Å²) in [6, 6.07) is 11.8. The molecule has 0 bridgehead atoms. The van der Waals surface area contributed by atoms with Crippen molar-refractivity contribution in [3.8, 4) is 0 Å². The van der Waals surface area contributed by atoms with Crippen LogP contribution in [-0.2, 0) is 12.8 Å². The van der Waals surface area contributed by atoms with Gasteiger partial charge in [0.15, 0.2) is 0 Å². The minimum absolute atomic E-state index is 0.0261. The first kappa shape index (κ1) is 23.5. The Hall–Kier alpha value is -3.68. The number of hydrogen-bond acceptors (Lipinski definition) is 5. The topological polar surface area (TPSA) is 88.1 Å². The number of carbonyl (C=O) groups is 2. The van der Waals surface area contributed by atoms with Gasteiger partial charge in [0, 0.05) is 49.7 Å². The second-order valence-corrected chi connectivity index (χ2v) is 8.57. The normalized spacial score (nSPS) is 16.1. The first-order valence-electron chi connectivity index (χ1n) is 11.5. The third-order valence-corrected chi connectivity index (χ3v) is 6.21. The Labute approximate surface area is 198 Å². The quantitative estimate of drug-likeness (QED) is 0.608. The molecule has 0 aliphatic carbocycles. The first-order chi connectivity index (χ1) is 16.5. The SMILES string of the molecule is CNC(=O)c1cc(C[C@H]2CCCN(C(=O)c3ccnc(Cc4ccccc4F)c3)CC2)ncn1. The molecule has 1 N–H and O–H groups in total. The molecule has 0 unspecified atom stereocenters. The van der Waals surface area contributed by atoms with Gasteiger partial charge >= 0.3 is 0 Å². The van der Waals surface area contributed by atoms with Crippen LogP contribution in [0.5, 0.6) is 0 Å². The molecule has 1 fully saturated rings. The van der Waals surface area contributed by atoms with E-state index in [2.05, 4.69) is 20.3 Å². The van der Waals surface area contributed by atoms with Crippen LogP contribution in [-0.4, -0.2) is 51.8 Å². The lowest BCUT2D eigenvalue weighted by Gasteiger charge is -2.21. The van der Waals surface area contributed by atoms with Gasteiger partial charge in [-0.05, 0) is 61.4 Å². The van der Waals surface area contributed by atoms with Crippen LogP contribution in [0.15, 0.2) is 55.0 Å². The van der Waals surface area contributed by atoms with E-state index in [-0.39, 0.29) is 17.6 Å². The summed E-state index contributed by atoms with van der Waals surface area (Å²) in [5, 5.41) is 2.58. The van der Waals surface area contributed by atoms with E-state index in [1.165, 1.54) is 12.4 Å². The van der Waals surface area contributed by atoms with E-state index < -0.39 is 0 Å². The Morgan fingerprint density at radius 2 is 1.91 bits per heavy atom. The molecule has 4 rings (SSSR count). The Morgan fingerprint density at radius 3 is 2.74 bits per heavy atom. The molecule has 8 heteroatoms. The van der Waals surface area contributed by atoms with Gasteiger partial charge in [0.05, 0.1) is 0 Å². The number of pyridine rings is 1. The van der Waals surface area contributed by atoms with Crippen molar-refractivity contribution in [2.45, 2.75) is 32.1 Å². The molecule has 1 atom stereocenters. The number of likely N-dealkylation sites (tertiary alicyclic amines) is 1. The van der Waals surface area contributed by atoms with E-state index in [0.717, 1.165) is 31.4 Å². The summed E-state index contributed by atoms with van der Waals surface area (Å²) in [6.07, 6.45) is 6.87. The van der Waals surface area contributed by atoms with Gasteiger partial charge < -0.3 is 10.2 Å². The number of benzene rings is 1. The number of hydrogen-bond donors (Lipinski definition) is 1. The third kappa shape index (κ3) is 5.81. The second-order valence-electron chi connectivity index (χ2n) is 8.57. The fourth-order valence-corrected chi connectivity index (χ4v) is 4.36. The van der Waals surface area contributed by atoms with E-state index >= 15 is 0 Å². The van der Waals surface area contributed by atoms with Crippen molar-refractivity contribution in [2.24, 2.45) is 5.92 Å². The molecular formula is C26H28FN5O2. The summed E-state index contributed by atoms with van der Waals surface area (Å²) in [5.41, 5.74) is 3.00. The average molecular weight is 462 g/mol. The maximum atomic E-state index is 14.0. The average Bonchev–Trinajstić information content (AvgIpc) is 3.10. The Balaban J connectivity index is 1.38. The van der Waals surface area contributed by atoms with Gasteiger partial charge in [0.25, 0.3) is 11.8 Å². The number of aromatic nitrogens is 3. The molecule has 3 heterocycles. The largest absolute Gasteiger partial charge is 0.354 e. The van der Waals surface area contributed by atoms with Gasteiger partial charge in [0.2, 0.25) is 0 Å². The first-order valence-corrected chi connectivity index (χ1v) is 11.5. The molecular weight excluding hydrogens is 433 g/mol. The van der Waals surface area contributed by atoms with Gasteiger partial charge in [-0.2, -0.15) is 0 Å². The fourth-order valence-electron chi connectivity index (χ4n) is 4.36. The van der Waals surface area contributed by atoms with Gasteiger partial charge in [-0.15, -0.1) is 0 Å². The van der Waals surface area contributed by atoms with Crippen LogP contribution >= 0.6 is 0 Å². The number of amides is 2. The molecule has 1 aliphatic rings. The minimum atomic E-state index is -0.272. The fraction of sp³-hybridized carbons (Fsp3) is 0.346. The smallest absolute Gasteiger partial charge is 0.269 e. The second kappa shape index (κ2) is 11.0. The van der Waals surface area contributed by atoms with Crippen LogP contribution in [0.2, 0.25) is 0 Å². The Bertz CT molecular complexity index is 1170. The molecule has 2 aromatic heterocycles. The zero-order valence-electron chi connectivity index (χ0n) is 19.2. The van der Waals surface area contributed by atoms with E-state index in [4.69, 9.17) is 0 Å². The zero-order valence-corrected chi connectivity index (χ0v) is 19.2. The van der Waals surface area contributed by atoms with Crippen LogP contribution < -0.4 is 5.32 Å². The van der Waals surface area contributed by atoms with Gasteiger partial charge in [-0.25, -0.2) is 14.4 Å². The Kier molecular flexibility index (Phi) is 7.57. The molecule has 0 spiro atoms. The molecule has 0 saturated carbocycles. The highest BCUT2D eigenvalue weighted by atomic mass is 19.1. The lowest BCUT2D eigenvalue weighted by atomic mass is 9.95. The van der Waals surface area contributed by atoms with Crippen molar-refractivity contribution in [1.82, 2.24) is 25.2 Å². The molecule has 0 radical (unpaired) electrons. The molecule has 1 saturated heterocycles. The van der Waals surface area contributed by atoms with Crippen LogP contribution in [0.4, 0.5) is 4.39 Å². The summed E-state index contributed by atoms with van der Waals surface area (Å²) in [5.74, 6) is -0.153. The molecule has 1 aromatic carbocycles. The monoisotopic (exact) mass is 461 g/mol. The van der Waals surface area contributed by atoms with Crippen LogP contribution in [0.3, 0.4) is 0 Å². The Morgan fingerprint density at radius 1 is 1.06 bits per heavy atom. The predicted octanol–water partition coefficient (Wildman–Crippen LogP) is 3.45. The van der Waals surface area contributed by atoms with E-state index in [9.17, 15) is 14.0 Å². The molecule has 176 valence electrons. The molecule has 34 heavy (non-hydrogen) atoms. The molecule has 2 amide bonds. The van der Waals surface area contributed by atoms with Crippen molar-refractivity contribution >= 4 is 11.8 Å². The van der Waals surface area contributed by atoms with E-state index in [0.29, 0.717) is 47.9 Å². The highest BCUT2D eigenvalue weighted by Crippen LogP contribution is 2.23. The number of nitrogens with one attached hydrogen (secondary N) is 1. The van der Waals surface area contributed by atoms with Gasteiger partial charge in [-0.1, -0.05) is 18.2 Å². The number of carbonyl (C=O) groups excluding carboxylic acids is 2. The van der Waals surface area contributed by atoms with Crippen LogP contribution in [0, 0.1) is 11.7 Å². The van der Waals surface area contributed by atoms with Crippen molar-refractivity contribution < 1.29 is 14.0 Å². The van der Waals surface area contributed by atoms with Crippen LogP contribution in [0.1, 0.15) is 57.1 Å². The standard InChI is InChI=1S/C26H28FN5O2/c1-28-25(33)24-16-21(30-17-31-24)13-18-5-4-11-32(12-9-18)26(34)20-8-10-29-22(15-20)14-19-6-2-3-7-23(19)27/h2-3,6-8,10,15-18H,4-5,9,11-14H2,1H3,(H,28,33)/t18-/m0/s1. The van der Waals surface area contributed by atoms with Gasteiger partial charge in [-0.3, -0.25) is 14.6 Å². The van der Waals surface area contributed by atoms with Crippen molar-refractivity contribution in [3.05, 3.63) is 89.0 Å². The summed E-state index contributed by atoms with van der Waals surface area (Å²) in [7, 11) is 1.58. The van der Waals surface area contributed by atoms with Crippen molar-refractivity contribution in [3.63, 3.8) is 0 Å². The molecule has 3 aromatic rings. The number of halogens is 1. The summed E-state index contributed by atoms with van der Waals surface area (Å²) >= 11 is 0. The lowest BCUT2D eigenvalue weighted by Crippen LogP contribution is -2.32. The van der Waals surface area contributed by atoms with Crippen LogP contribution in [0.25, 0.3) is 0 Å².